The van der Waals surface area contributed by atoms with E-state index >= 15 is 0 Å². The molecule has 0 N–H and O–H groups in total. The van der Waals surface area contributed by atoms with Crippen LogP contribution in [0.15, 0.2) is 43.1 Å². The molecular formula is C13H15N. The molecule has 1 heteroatoms. The summed E-state index contributed by atoms with van der Waals surface area (Å²) in [4.78, 5) is 0. The molecule has 1 aromatic carbocycles. The first kappa shape index (κ1) is 9.07. The smallest absolute Gasteiger partial charge is 0.0477 e. The molecule has 0 saturated heterocycles. The van der Waals surface area contributed by atoms with Crippen molar-refractivity contribution in [1.82, 2.24) is 4.57 Å². The number of hydrogen-bond acceptors (Lipinski definition) is 0. The number of allylic oxidation sites excluding steroid dienone is 1. The van der Waals surface area contributed by atoms with Gasteiger partial charge in [0.05, 0.1) is 0 Å². The van der Waals surface area contributed by atoms with E-state index in [0.29, 0.717) is 5.92 Å². The van der Waals surface area contributed by atoms with E-state index in [1.807, 2.05) is 6.08 Å². The van der Waals surface area contributed by atoms with Crippen molar-refractivity contribution in [3.05, 3.63) is 48.7 Å². The fourth-order valence-corrected chi connectivity index (χ4v) is 1.72. The van der Waals surface area contributed by atoms with Gasteiger partial charge in [-0.05, 0) is 35.1 Å². The Balaban J connectivity index is 2.57. The number of benzene rings is 1. The molecule has 1 atom stereocenters. The van der Waals surface area contributed by atoms with Crippen LogP contribution in [0.25, 0.3) is 10.9 Å². The van der Waals surface area contributed by atoms with Crippen molar-refractivity contribution < 1.29 is 0 Å². The van der Waals surface area contributed by atoms with Gasteiger partial charge in [0, 0.05) is 18.8 Å². The van der Waals surface area contributed by atoms with Crippen LogP contribution in [0.5, 0.6) is 0 Å². The number of fused-ring (bicyclic) bond motifs is 1. The van der Waals surface area contributed by atoms with E-state index in [-0.39, 0.29) is 0 Å². The highest BCUT2D eigenvalue weighted by molar-refractivity contribution is 5.80. The van der Waals surface area contributed by atoms with Crippen LogP contribution in [-0.2, 0) is 7.05 Å². The van der Waals surface area contributed by atoms with Gasteiger partial charge in [-0.1, -0.05) is 19.1 Å². The summed E-state index contributed by atoms with van der Waals surface area (Å²) in [6.07, 6.45) is 4.07. The minimum Gasteiger partial charge on any atom is -0.351 e. The van der Waals surface area contributed by atoms with E-state index in [1.54, 1.807) is 0 Å². The summed E-state index contributed by atoms with van der Waals surface area (Å²) in [5.74, 6) is 0.430. The lowest BCUT2D eigenvalue weighted by Gasteiger charge is -2.06. The predicted octanol–water partition coefficient (Wildman–Crippen LogP) is 3.47. The summed E-state index contributed by atoms with van der Waals surface area (Å²) >= 11 is 0. The van der Waals surface area contributed by atoms with Crippen molar-refractivity contribution in [2.24, 2.45) is 7.05 Å². The monoisotopic (exact) mass is 185 g/mol. The van der Waals surface area contributed by atoms with Crippen LogP contribution in [0.3, 0.4) is 0 Å². The molecule has 0 fully saturated rings. The molecule has 0 aliphatic carbocycles. The SMILES string of the molecule is C=CC(C)c1ccc2c(ccn2C)c1. The van der Waals surface area contributed by atoms with E-state index in [2.05, 4.69) is 55.6 Å². The van der Waals surface area contributed by atoms with Crippen molar-refractivity contribution in [1.29, 1.82) is 0 Å². The zero-order valence-electron chi connectivity index (χ0n) is 8.70. The third kappa shape index (κ3) is 1.35. The molecule has 72 valence electrons. The van der Waals surface area contributed by atoms with Crippen molar-refractivity contribution in [3.8, 4) is 0 Å². The Morgan fingerprint density at radius 1 is 1.36 bits per heavy atom. The van der Waals surface area contributed by atoms with Crippen LogP contribution in [0.2, 0.25) is 0 Å². The number of rotatable bonds is 2. The Morgan fingerprint density at radius 3 is 2.86 bits per heavy atom. The Hall–Kier alpha value is -1.50. The lowest BCUT2D eigenvalue weighted by molar-refractivity contribution is 0.960. The van der Waals surface area contributed by atoms with E-state index < -0.39 is 0 Å². The molecule has 0 aliphatic rings. The Labute approximate surface area is 84.7 Å². The summed E-state index contributed by atoms with van der Waals surface area (Å²) in [6.45, 7) is 5.98. The van der Waals surface area contributed by atoms with Gasteiger partial charge < -0.3 is 4.57 Å². The van der Waals surface area contributed by atoms with Gasteiger partial charge in [0.15, 0.2) is 0 Å². The van der Waals surface area contributed by atoms with Crippen molar-refractivity contribution in [2.75, 3.05) is 0 Å². The second kappa shape index (κ2) is 3.33. The van der Waals surface area contributed by atoms with Crippen molar-refractivity contribution in [3.63, 3.8) is 0 Å². The Morgan fingerprint density at radius 2 is 2.14 bits per heavy atom. The molecule has 0 bridgehead atoms. The fraction of sp³-hybridized carbons (Fsp3) is 0.231. The summed E-state index contributed by atoms with van der Waals surface area (Å²) in [7, 11) is 2.07. The third-order valence-corrected chi connectivity index (χ3v) is 2.79. The molecule has 1 unspecified atom stereocenters. The number of hydrogen-bond donors (Lipinski definition) is 0. The maximum Gasteiger partial charge on any atom is 0.0477 e. The quantitative estimate of drug-likeness (QED) is 0.631. The first-order valence-corrected chi connectivity index (χ1v) is 4.90. The van der Waals surface area contributed by atoms with Gasteiger partial charge in [0.25, 0.3) is 0 Å². The maximum atomic E-state index is 3.82. The van der Waals surface area contributed by atoms with E-state index in [9.17, 15) is 0 Å². The molecule has 14 heavy (non-hydrogen) atoms. The number of aryl methyl sites for hydroxylation is 1. The normalized spacial score (nSPS) is 13.0. The second-order valence-electron chi connectivity index (χ2n) is 3.77. The Kier molecular flexibility index (Phi) is 2.16. The molecule has 0 aliphatic heterocycles. The first-order chi connectivity index (χ1) is 6.72. The lowest BCUT2D eigenvalue weighted by atomic mass is 10.0. The van der Waals surface area contributed by atoms with Crippen LogP contribution >= 0.6 is 0 Å². The van der Waals surface area contributed by atoms with Crippen LogP contribution in [-0.4, -0.2) is 4.57 Å². The van der Waals surface area contributed by atoms with Gasteiger partial charge >= 0.3 is 0 Å². The molecule has 2 aromatic rings. The highest BCUT2D eigenvalue weighted by atomic mass is 14.9. The van der Waals surface area contributed by atoms with Gasteiger partial charge in [-0.3, -0.25) is 0 Å². The fourth-order valence-electron chi connectivity index (χ4n) is 1.72. The van der Waals surface area contributed by atoms with Crippen LogP contribution < -0.4 is 0 Å². The van der Waals surface area contributed by atoms with E-state index in [1.165, 1.54) is 16.5 Å². The first-order valence-electron chi connectivity index (χ1n) is 4.90. The van der Waals surface area contributed by atoms with Crippen LogP contribution in [0.1, 0.15) is 18.4 Å². The van der Waals surface area contributed by atoms with Gasteiger partial charge in [0.1, 0.15) is 0 Å². The summed E-state index contributed by atoms with van der Waals surface area (Å²) in [6, 6.07) is 8.73. The molecule has 2 rings (SSSR count). The average molecular weight is 185 g/mol. The maximum absolute atomic E-state index is 3.82. The minimum absolute atomic E-state index is 0.430. The van der Waals surface area contributed by atoms with E-state index in [4.69, 9.17) is 0 Å². The molecule has 1 nitrogen and oxygen atoms in total. The Bertz CT molecular complexity index is 465. The van der Waals surface area contributed by atoms with Gasteiger partial charge in [-0.25, -0.2) is 0 Å². The van der Waals surface area contributed by atoms with Crippen molar-refractivity contribution >= 4 is 10.9 Å². The average Bonchev–Trinajstić information content (AvgIpc) is 2.59. The molecular weight excluding hydrogens is 170 g/mol. The predicted molar refractivity (Wildman–Crippen MR) is 61.5 cm³/mol. The van der Waals surface area contributed by atoms with Gasteiger partial charge in [-0.15, -0.1) is 6.58 Å². The highest BCUT2D eigenvalue weighted by Crippen LogP contribution is 2.22. The van der Waals surface area contributed by atoms with Crippen molar-refractivity contribution in [2.45, 2.75) is 12.8 Å². The summed E-state index contributed by atoms with van der Waals surface area (Å²) < 4.78 is 2.14. The number of aromatic nitrogens is 1. The van der Waals surface area contributed by atoms with Gasteiger partial charge in [0.2, 0.25) is 0 Å². The zero-order chi connectivity index (χ0) is 10.1. The standard InChI is InChI=1S/C13H15N/c1-4-10(2)11-5-6-13-12(9-11)7-8-14(13)3/h4-10H,1H2,2-3H3. The molecule has 1 heterocycles. The molecule has 1 aromatic heterocycles. The second-order valence-corrected chi connectivity index (χ2v) is 3.77. The number of nitrogens with zero attached hydrogens (tertiary/aromatic N) is 1. The third-order valence-electron chi connectivity index (χ3n) is 2.79. The largest absolute Gasteiger partial charge is 0.351 e. The van der Waals surface area contributed by atoms with E-state index in [0.717, 1.165) is 0 Å². The zero-order valence-corrected chi connectivity index (χ0v) is 8.70. The lowest BCUT2D eigenvalue weighted by Crippen LogP contribution is -1.89. The molecule has 0 saturated carbocycles. The summed E-state index contributed by atoms with van der Waals surface area (Å²) in [5.41, 5.74) is 2.61. The van der Waals surface area contributed by atoms with Crippen LogP contribution in [0.4, 0.5) is 0 Å². The minimum atomic E-state index is 0.430. The molecule has 0 amide bonds. The van der Waals surface area contributed by atoms with Crippen LogP contribution in [0, 0.1) is 0 Å². The topological polar surface area (TPSA) is 4.93 Å². The van der Waals surface area contributed by atoms with Gasteiger partial charge in [-0.2, -0.15) is 0 Å². The highest BCUT2D eigenvalue weighted by Gasteiger charge is 2.03. The summed E-state index contributed by atoms with van der Waals surface area (Å²) in [5, 5.41) is 1.30. The molecule has 0 spiro atoms. The molecule has 0 radical (unpaired) electrons.